The molecule has 0 radical (unpaired) electrons. The van der Waals surface area contributed by atoms with Gasteiger partial charge >= 0.3 is 0 Å². The molecule has 0 aromatic carbocycles. The van der Waals surface area contributed by atoms with E-state index in [0.29, 0.717) is 0 Å². The Morgan fingerprint density at radius 2 is 1.73 bits per heavy atom. The maximum Gasteiger partial charge on any atom is 0.00951 e. The first kappa shape index (κ1) is 9.05. The van der Waals surface area contributed by atoms with Crippen LogP contribution in [-0.4, -0.2) is 24.0 Å². The molecule has 0 amide bonds. The van der Waals surface area contributed by atoms with Crippen LogP contribution in [0.1, 0.15) is 40.0 Å². The third kappa shape index (κ3) is 1.96. The standard InChI is InChI=1S/C10H21N/c1-8(2)9(3)11(4)10-6-5-7-10/h8-10H,5-7H2,1-4H3. The van der Waals surface area contributed by atoms with Gasteiger partial charge in [0.25, 0.3) is 0 Å². The molecular weight excluding hydrogens is 134 g/mol. The Morgan fingerprint density at radius 3 is 2.00 bits per heavy atom. The summed E-state index contributed by atoms with van der Waals surface area (Å²) in [7, 11) is 2.27. The Bertz CT molecular complexity index is 116. The molecule has 11 heavy (non-hydrogen) atoms. The van der Waals surface area contributed by atoms with Gasteiger partial charge in [0.05, 0.1) is 0 Å². The lowest BCUT2D eigenvalue weighted by molar-refractivity contribution is 0.0945. The molecule has 1 unspecified atom stereocenters. The smallest absolute Gasteiger partial charge is 0.00951 e. The average molecular weight is 155 g/mol. The van der Waals surface area contributed by atoms with Crippen molar-refractivity contribution in [2.24, 2.45) is 5.92 Å². The fourth-order valence-corrected chi connectivity index (χ4v) is 1.60. The number of nitrogens with zero attached hydrogens (tertiary/aromatic N) is 1. The number of rotatable bonds is 3. The van der Waals surface area contributed by atoms with Gasteiger partial charge < -0.3 is 4.90 Å². The van der Waals surface area contributed by atoms with E-state index in [9.17, 15) is 0 Å². The Labute approximate surface area is 70.8 Å². The van der Waals surface area contributed by atoms with Crippen LogP contribution in [0, 0.1) is 5.92 Å². The SMILES string of the molecule is CC(C)C(C)N(C)C1CCC1. The van der Waals surface area contributed by atoms with E-state index in [1.165, 1.54) is 19.3 Å². The van der Waals surface area contributed by atoms with Gasteiger partial charge in [-0.25, -0.2) is 0 Å². The minimum absolute atomic E-state index is 0.750. The quantitative estimate of drug-likeness (QED) is 0.605. The summed E-state index contributed by atoms with van der Waals surface area (Å²) in [5, 5.41) is 0. The van der Waals surface area contributed by atoms with Crippen molar-refractivity contribution in [1.82, 2.24) is 4.90 Å². The van der Waals surface area contributed by atoms with Crippen LogP contribution >= 0.6 is 0 Å². The van der Waals surface area contributed by atoms with Crippen LogP contribution in [0.2, 0.25) is 0 Å². The summed E-state index contributed by atoms with van der Waals surface area (Å²) in [5.41, 5.74) is 0. The van der Waals surface area contributed by atoms with E-state index in [2.05, 4.69) is 32.7 Å². The van der Waals surface area contributed by atoms with E-state index < -0.39 is 0 Å². The second-order valence-electron chi connectivity index (χ2n) is 4.23. The van der Waals surface area contributed by atoms with Crippen molar-refractivity contribution in [3.05, 3.63) is 0 Å². The van der Waals surface area contributed by atoms with E-state index in [1.807, 2.05) is 0 Å². The fourth-order valence-electron chi connectivity index (χ4n) is 1.60. The molecule has 66 valence electrons. The molecule has 1 atom stereocenters. The molecule has 1 saturated carbocycles. The summed E-state index contributed by atoms with van der Waals surface area (Å²) >= 11 is 0. The summed E-state index contributed by atoms with van der Waals surface area (Å²) in [6.45, 7) is 6.95. The molecule has 1 nitrogen and oxygen atoms in total. The predicted octanol–water partition coefficient (Wildman–Crippen LogP) is 2.52. The van der Waals surface area contributed by atoms with E-state index in [-0.39, 0.29) is 0 Å². The molecule has 1 fully saturated rings. The molecular formula is C10H21N. The third-order valence-corrected chi connectivity index (χ3v) is 3.26. The van der Waals surface area contributed by atoms with Crippen LogP contribution in [-0.2, 0) is 0 Å². The van der Waals surface area contributed by atoms with Crippen LogP contribution in [0.4, 0.5) is 0 Å². The highest BCUT2D eigenvalue weighted by Gasteiger charge is 2.26. The highest BCUT2D eigenvalue weighted by molar-refractivity contribution is 4.81. The zero-order chi connectivity index (χ0) is 8.43. The lowest BCUT2D eigenvalue weighted by atomic mass is 9.89. The molecule has 0 N–H and O–H groups in total. The summed E-state index contributed by atoms with van der Waals surface area (Å²) < 4.78 is 0. The minimum Gasteiger partial charge on any atom is -0.300 e. The molecule has 0 aromatic heterocycles. The highest BCUT2D eigenvalue weighted by atomic mass is 15.2. The highest BCUT2D eigenvalue weighted by Crippen LogP contribution is 2.26. The van der Waals surface area contributed by atoms with Gasteiger partial charge in [-0.1, -0.05) is 20.3 Å². The molecule has 0 aromatic rings. The van der Waals surface area contributed by atoms with Crippen molar-refractivity contribution in [2.45, 2.75) is 52.1 Å². The number of hydrogen-bond donors (Lipinski definition) is 0. The Hall–Kier alpha value is -0.0400. The van der Waals surface area contributed by atoms with Gasteiger partial charge in [0.15, 0.2) is 0 Å². The van der Waals surface area contributed by atoms with Crippen molar-refractivity contribution in [3.63, 3.8) is 0 Å². The molecule has 0 spiro atoms. The summed E-state index contributed by atoms with van der Waals surface area (Å²) in [4.78, 5) is 2.55. The largest absolute Gasteiger partial charge is 0.300 e. The fraction of sp³-hybridized carbons (Fsp3) is 1.00. The van der Waals surface area contributed by atoms with Crippen molar-refractivity contribution in [1.29, 1.82) is 0 Å². The van der Waals surface area contributed by atoms with Gasteiger partial charge in [0, 0.05) is 12.1 Å². The van der Waals surface area contributed by atoms with Crippen LogP contribution in [0.25, 0.3) is 0 Å². The molecule has 1 aliphatic rings. The second kappa shape index (κ2) is 3.57. The summed E-state index contributed by atoms with van der Waals surface area (Å²) in [6.07, 6.45) is 4.29. The van der Waals surface area contributed by atoms with Gasteiger partial charge in [-0.2, -0.15) is 0 Å². The maximum atomic E-state index is 2.55. The van der Waals surface area contributed by atoms with Crippen LogP contribution in [0.5, 0.6) is 0 Å². The monoisotopic (exact) mass is 155 g/mol. The Balaban J connectivity index is 2.32. The third-order valence-electron chi connectivity index (χ3n) is 3.26. The lowest BCUT2D eigenvalue weighted by Crippen LogP contribution is -2.44. The average Bonchev–Trinajstić information content (AvgIpc) is 1.82. The molecule has 1 rings (SSSR count). The van der Waals surface area contributed by atoms with Gasteiger partial charge in [0.1, 0.15) is 0 Å². The first-order valence-corrected chi connectivity index (χ1v) is 4.85. The zero-order valence-corrected chi connectivity index (χ0v) is 8.30. The van der Waals surface area contributed by atoms with Crippen LogP contribution < -0.4 is 0 Å². The predicted molar refractivity (Wildman–Crippen MR) is 49.7 cm³/mol. The van der Waals surface area contributed by atoms with E-state index in [1.54, 1.807) is 0 Å². The van der Waals surface area contributed by atoms with Crippen molar-refractivity contribution in [2.75, 3.05) is 7.05 Å². The van der Waals surface area contributed by atoms with Crippen LogP contribution in [0.15, 0.2) is 0 Å². The van der Waals surface area contributed by atoms with Crippen molar-refractivity contribution >= 4 is 0 Å². The van der Waals surface area contributed by atoms with E-state index in [0.717, 1.165) is 18.0 Å². The van der Waals surface area contributed by atoms with Crippen molar-refractivity contribution < 1.29 is 0 Å². The van der Waals surface area contributed by atoms with Gasteiger partial charge in [-0.3, -0.25) is 0 Å². The lowest BCUT2D eigenvalue weighted by Gasteiger charge is -2.40. The maximum absolute atomic E-state index is 2.55. The first-order valence-electron chi connectivity index (χ1n) is 4.85. The topological polar surface area (TPSA) is 3.24 Å². The van der Waals surface area contributed by atoms with Crippen LogP contribution in [0.3, 0.4) is 0 Å². The van der Waals surface area contributed by atoms with Crippen molar-refractivity contribution in [3.8, 4) is 0 Å². The Morgan fingerprint density at radius 1 is 1.18 bits per heavy atom. The summed E-state index contributed by atoms with van der Waals surface area (Å²) in [6, 6.07) is 1.65. The zero-order valence-electron chi connectivity index (χ0n) is 8.30. The number of hydrogen-bond acceptors (Lipinski definition) is 1. The molecule has 0 bridgehead atoms. The molecule has 0 saturated heterocycles. The van der Waals surface area contributed by atoms with E-state index in [4.69, 9.17) is 0 Å². The Kier molecular flexibility index (Phi) is 2.94. The molecule has 1 aliphatic carbocycles. The minimum atomic E-state index is 0.750. The van der Waals surface area contributed by atoms with Gasteiger partial charge in [-0.15, -0.1) is 0 Å². The van der Waals surface area contributed by atoms with E-state index >= 15 is 0 Å². The van der Waals surface area contributed by atoms with Gasteiger partial charge in [0.2, 0.25) is 0 Å². The molecule has 0 heterocycles. The summed E-state index contributed by atoms with van der Waals surface area (Å²) in [5.74, 6) is 0.792. The van der Waals surface area contributed by atoms with Gasteiger partial charge in [-0.05, 0) is 32.7 Å². The first-order chi connectivity index (χ1) is 5.13. The normalized spacial score (nSPS) is 22.4. The molecule has 1 heteroatoms. The molecule has 0 aliphatic heterocycles. The second-order valence-corrected chi connectivity index (χ2v) is 4.23.